The van der Waals surface area contributed by atoms with Gasteiger partial charge in [-0.1, -0.05) is 186 Å². The molecule has 11 aromatic carbocycles. The molecule has 4 nitrogen and oxygen atoms in total. The summed E-state index contributed by atoms with van der Waals surface area (Å²) in [5, 5.41) is 5.17. The minimum absolute atomic E-state index is 0.0300. The number of hydrogen-bond donors (Lipinski definition) is 0. The summed E-state index contributed by atoms with van der Waals surface area (Å²) in [7, 11) is 0. The normalized spacial score (nSPS) is 13.2. The van der Waals surface area contributed by atoms with Crippen molar-refractivity contribution in [3.63, 3.8) is 0 Å². The van der Waals surface area contributed by atoms with Crippen LogP contribution in [0.25, 0.3) is 55.0 Å². The van der Waals surface area contributed by atoms with Crippen LogP contribution in [0.15, 0.2) is 262 Å². The van der Waals surface area contributed by atoms with Crippen LogP contribution < -0.4 is 42.6 Å². The second-order valence-corrected chi connectivity index (χ2v) is 22.1. The molecule has 0 amide bonds. The standard InChI is InChI=1S/C66H40B2N4S2/c1-5-19-41(20-6-1)69(42-21-7-2-8-22-42)45-35-57-63-61(37-45)73-59-40-60-54(39-53(59)67(63)51-31-17-29-49-47-27-13-15-33-55(47)71(57)65(49)51)68-52-32-18-30-50-48-28-14-16-34-56(48)72(66(50)52)58-36-46(38-62(74-60)64(58)68)70(43-23-9-3-10-24-43)44-25-11-4-12-26-44/h1-40H. The van der Waals surface area contributed by atoms with Gasteiger partial charge in [-0.3, -0.25) is 0 Å². The Morgan fingerprint density at radius 3 is 1.05 bits per heavy atom. The van der Waals surface area contributed by atoms with Gasteiger partial charge in [-0.25, -0.2) is 0 Å². The number of benzene rings is 11. The molecule has 0 N–H and O–H groups in total. The molecule has 0 atom stereocenters. The lowest BCUT2D eigenvalue weighted by Gasteiger charge is -2.38. The van der Waals surface area contributed by atoms with Crippen molar-refractivity contribution in [3.8, 4) is 11.4 Å². The lowest BCUT2D eigenvalue weighted by Crippen LogP contribution is -2.62. The van der Waals surface area contributed by atoms with Gasteiger partial charge < -0.3 is 18.9 Å². The molecule has 2 aromatic heterocycles. The van der Waals surface area contributed by atoms with E-state index in [1.807, 2.05) is 23.5 Å². The van der Waals surface area contributed by atoms with E-state index in [-0.39, 0.29) is 13.4 Å². The Bertz CT molecular complexity index is 4150. The van der Waals surface area contributed by atoms with Gasteiger partial charge in [0.25, 0.3) is 0 Å². The molecule has 0 aliphatic carbocycles. The SMILES string of the molecule is c1ccc(N(c2ccccc2)c2cc3c4c(c2)-n2c5ccccc5c5cccc(c52)B4c2cc4c(cc2S3)Sc2cc(N(c3ccccc3)c3ccccc3)cc3c2B4c2cccc4c5ccccc5n-3c24)cc1. The van der Waals surface area contributed by atoms with Gasteiger partial charge >= 0.3 is 0 Å². The zero-order valence-electron chi connectivity index (χ0n) is 39.9. The fourth-order valence-corrected chi connectivity index (χ4v) is 15.8. The molecule has 0 saturated carbocycles. The first-order valence-corrected chi connectivity index (χ1v) is 27.1. The Morgan fingerprint density at radius 1 is 0.284 bits per heavy atom. The molecule has 74 heavy (non-hydrogen) atoms. The van der Waals surface area contributed by atoms with Gasteiger partial charge in [0.05, 0.1) is 11.0 Å². The second kappa shape index (κ2) is 15.5. The summed E-state index contributed by atoms with van der Waals surface area (Å²) in [6.07, 6.45) is 0. The maximum atomic E-state index is 2.65. The van der Waals surface area contributed by atoms with Gasteiger partial charge in [-0.05, 0) is 113 Å². The van der Waals surface area contributed by atoms with Crippen molar-refractivity contribution in [2.75, 3.05) is 9.80 Å². The number of nitrogens with zero attached hydrogens (tertiary/aromatic N) is 4. The minimum atomic E-state index is 0.0300. The molecule has 0 unspecified atom stereocenters. The fourth-order valence-electron chi connectivity index (χ4n) is 13.2. The van der Waals surface area contributed by atoms with Gasteiger partial charge in [-0.2, -0.15) is 0 Å². The summed E-state index contributed by atoms with van der Waals surface area (Å²) >= 11 is 3.89. The molecule has 342 valence electrons. The van der Waals surface area contributed by atoms with Crippen molar-refractivity contribution in [2.24, 2.45) is 0 Å². The number of hydrogen-bond acceptors (Lipinski definition) is 4. The highest BCUT2D eigenvalue weighted by molar-refractivity contribution is 8.01. The van der Waals surface area contributed by atoms with E-state index in [0.29, 0.717) is 0 Å². The summed E-state index contributed by atoms with van der Waals surface area (Å²) in [5.41, 5.74) is 22.7. The molecule has 0 fully saturated rings. The molecular formula is C66H40B2N4S2. The van der Waals surface area contributed by atoms with Crippen molar-refractivity contribution < 1.29 is 0 Å². The van der Waals surface area contributed by atoms with E-state index >= 15 is 0 Å². The first kappa shape index (κ1) is 41.0. The lowest BCUT2D eigenvalue weighted by molar-refractivity contribution is 1.15. The largest absolute Gasteiger partial charge is 0.310 e. The lowest BCUT2D eigenvalue weighted by atomic mass is 9.32. The highest BCUT2D eigenvalue weighted by Crippen LogP contribution is 2.47. The summed E-state index contributed by atoms with van der Waals surface area (Å²) in [5.74, 6) is 0. The van der Waals surface area contributed by atoms with Crippen LogP contribution in [-0.2, 0) is 0 Å². The zero-order chi connectivity index (χ0) is 48.2. The number of para-hydroxylation sites is 8. The van der Waals surface area contributed by atoms with Crippen LogP contribution in [0, 0.1) is 0 Å². The van der Waals surface area contributed by atoms with Crippen molar-refractivity contribution >= 4 is 147 Å². The Labute approximate surface area is 437 Å². The van der Waals surface area contributed by atoms with Crippen molar-refractivity contribution in [3.05, 3.63) is 243 Å². The predicted molar refractivity (Wildman–Crippen MR) is 315 cm³/mol. The highest BCUT2D eigenvalue weighted by Gasteiger charge is 2.45. The van der Waals surface area contributed by atoms with Crippen molar-refractivity contribution in [1.82, 2.24) is 9.13 Å². The summed E-state index contributed by atoms with van der Waals surface area (Å²) in [6, 6.07) is 90.6. The van der Waals surface area contributed by atoms with Gasteiger partial charge in [0, 0.05) is 97.7 Å². The van der Waals surface area contributed by atoms with Gasteiger partial charge in [0.2, 0.25) is 13.4 Å². The van der Waals surface area contributed by atoms with Crippen LogP contribution in [0.5, 0.6) is 0 Å². The van der Waals surface area contributed by atoms with Crippen LogP contribution in [-0.4, -0.2) is 22.6 Å². The molecule has 17 rings (SSSR count). The minimum Gasteiger partial charge on any atom is -0.310 e. The number of fused-ring (bicyclic) bond motifs is 14. The van der Waals surface area contributed by atoms with Gasteiger partial charge in [0.1, 0.15) is 0 Å². The molecule has 6 heterocycles. The molecular weight excluding hydrogens is 935 g/mol. The van der Waals surface area contributed by atoms with Gasteiger partial charge in [-0.15, -0.1) is 0 Å². The van der Waals surface area contributed by atoms with E-state index in [4.69, 9.17) is 0 Å². The Balaban J connectivity index is 0.935. The summed E-state index contributed by atoms with van der Waals surface area (Å²) in [4.78, 5) is 10.1. The van der Waals surface area contributed by atoms with Gasteiger partial charge in [0.15, 0.2) is 0 Å². The maximum absolute atomic E-state index is 2.65. The van der Waals surface area contributed by atoms with Crippen LogP contribution in [0.2, 0.25) is 0 Å². The Morgan fingerprint density at radius 2 is 0.649 bits per heavy atom. The van der Waals surface area contributed by atoms with E-state index in [0.717, 1.165) is 34.1 Å². The third-order valence-electron chi connectivity index (χ3n) is 16.1. The van der Waals surface area contributed by atoms with E-state index in [9.17, 15) is 0 Å². The Hall–Kier alpha value is -8.55. The smallest absolute Gasteiger partial charge is 0.249 e. The molecule has 4 aliphatic rings. The summed E-state index contributed by atoms with van der Waals surface area (Å²) < 4.78 is 5.17. The molecule has 13 aromatic rings. The fraction of sp³-hybridized carbons (Fsp3) is 0. The van der Waals surface area contributed by atoms with Crippen LogP contribution in [0.1, 0.15) is 0 Å². The first-order valence-electron chi connectivity index (χ1n) is 25.5. The highest BCUT2D eigenvalue weighted by atomic mass is 32.2. The number of anilines is 6. The van der Waals surface area contributed by atoms with Crippen molar-refractivity contribution in [2.45, 2.75) is 19.6 Å². The van der Waals surface area contributed by atoms with Crippen LogP contribution >= 0.6 is 23.5 Å². The molecule has 0 saturated heterocycles. The molecule has 0 radical (unpaired) electrons. The van der Waals surface area contributed by atoms with Crippen LogP contribution in [0.4, 0.5) is 34.1 Å². The molecule has 0 bridgehead atoms. The Kier molecular flexibility index (Phi) is 8.57. The van der Waals surface area contributed by atoms with E-state index in [1.54, 1.807) is 0 Å². The second-order valence-electron chi connectivity index (χ2n) is 20.0. The third-order valence-corrected chi connectivity index (χ3v) is 18.4. The average Bonchev–Trinajstić information content (AvgIpc) is 4.09. The monoisotopic (exact) mass is 974 g/mol. The summed E-state index contributed by atoms with van der Waals surface area (Å²) in [6.45, 7) is 0.0600. The molecule has 8 heteroatoms. The molecule has 4 aliphatic heterocycles. The number of aromatic nitrogens is 2. The van der Waals surface area contributed by atoms with E-state index in [2.05, 4.69) is 262 Å². The quantitative estimate of drug-likeness (QED) is 0.154. The van der Waals surface area contributed by atoms with Crippen molar-refractivity contribution in [1.29, 1.82) is 0 Å². The predicted octanol–water partition coefficient (Wildman–Crippen LogP) is 13.4. The number of rotatable bonds is 6. The van der Waals surface area contributed by atoms with E-state index in [1.165, 1.54) is 107 Å². The van der Waals surface area contributed by atoms with E-state index < -0.39 is 0 Å². The third kappa shape index (κ3) is 5.64. The maximum Gasteiger partial charge on any atom is 0.249 e. The zero-order valence-corrected chi connectivity index (χ0v) is 41.5. The average molecular weight is 975 g/mol. The first-order chi connectivity index (χ1) is 36.7. The topological polar surface area (TPSA) is 16.3 Å². The molecule has 0 spiro atoms. The van der Waals surface area contributed by atoms with Crippen LogP contribution in [0.3, 0.4) is 0 Å².